The highest BCUT2D eigenvalue weighted by molar-refractivity contribution is 5.94. The summed E-state index contributed by atoms with van der Waals surface area (Å²) in [7, 11) is 0. The van der Waals surface area contributed by atoms with Gasteiger partial charge in [0.05, 0.1) is 0 Å². The highest BCUT2D eigenvalue weighted by Gasteiger charge is 2.34. The number of nitrogens with zero attached hydrogens (tertiary/aromatic N) is 1. The Morgan fingerprint density at radius 1 is 1.21 bits per heavy atom. The molecule has 1 aromatic rings. The highest BCUT2D eigenvalue weighted by Crippen LogP contribution is 2.34. The van der Waals surface area contributed by atoms with E-state index in [1.54, 1.807) is 29.2 Å². The molecule has 1 aliphatic heterocycles. The van der Waals surface area contributed by atoms with Gasteiger partial charge in [-0.1, -0.05) is 19.1 Å². The second-order valence-corrected chi connectivity index (χ2v) is 6.62. The number of rotatable bonds is 5. The summed E-state index contributed by atoms with van der Waals surface area (Å²) in [6, 6.07) is 6.38. The van der Waals surface area contributed by atoms with Gasteiger partial charge in [0.2, 0.25) is 0 Å². The molecule has 6 heteroatoms. The van der Waals surface area contributed by atoms with Crippen molar-refractivity contribution in [3.05, 3.63) is 35.4 Å². The van der Waals surface area contributed by atoms with Gasteiger partial charge in [-0.05, 0) is 48.8 Å². The predicted molar refractivity (Wildman–Crippen MR) is 85.8 cm³/mol. The Kier molecular flexibility index (Phi) is 5.91. The molecule has 0 radical (unpaired) electrons. The van der Waals surface area contributed by atoms with Crippen LogP contribution in [0.3, 0.4) is 0 Å². The first-order valence-corrected chi connectivity index (χ1v) is 8.34. The van der Waals surface area contributed by atoms with Gasteiger partial charge in [-0.2, -0.15) is 13.2 Å². The summed E-state index contributed by atoms with van der Waals surface area (Å²) in [6.07, 6.45) is -2.66. The normalized spacial score (nSPS) is 17.8. The molecule has 0 saturated carbocycles. The monoisotopic (exact) mass is 343 g/mol. The Morgan fingerprint density at radius 2 is 1.79 bits per heavy atom. The standard InChI is InChI=1S/C18H24F3NO2/c1-2-17(13-23)9-11-22(12-10-17)16(24)15-5-3-14(4-6-15)7-8-18(19,20)21/h3-6,23H,2,7-13H2,1H3. The third kappa shape index (κ3) is 4.72. The second-order valence-electron chi connectivity index (χ2n) is 6.62. The first-order valence-electron chi connectivity index (χ1n) is 8.34. The lowest BCUT2D eigenvalue weighted by Crippen LogP contribution is -2.44. The average Bonchev–Trinajstić information content (AvgIpc) is 2.59. The minimum absolute atomic E-state index is 0.0722. The highest BCUT2D eigenvalue weighted by atomic mass is 19.4. The van der Waals surface area contributed by atoms with Crippen LogP contribution in [-0.4, -0.2) is 41.8 Å². The Labute approximate surface area is 140 Å². The lowest BCUT2D eigenvalue weighted by Gasteiger charge is -2.40. The summed E-state index contributed by atoms with van der Waals surface area (Å²) >= 11 is 0. The van der Waals surface area contributed by atoms with E-state index in [1.807, 2.05) is 6.92 Å². The van der Waals surface area contributed by atoms with Crippen LogP contribution in [0, 0.1) is 5.41 Å². The number of alkyl halides is 3. The Hall–Kier alpha value is -1.56. The molecule has 3 nitrogen and oxygen atoms in total. The van der Waals surface area contributed by atoms with E-state index >= 15 is 0 Å². The molecule has 2 rings (SSSR count). The van der Waals surface area contributed by atoms with Crippen LogP contribution >= 0.6 is 0 Å². The first-order chi connectivity index (χ1) is 11.3. The smallest absolute Gasteiger partial charge is 0.389 e. The molecule has 134 valence electrons. The maximum atomic E-state index is 12.5. The van der Waals surface area contributed by atoms with Crippen molar-refractivity contribution in [3.8, 4) is 0 Å². The van der Waals surface area contributed by atoms with Gasteiger partial charge in [0.15, 0.2) is 0 Å². The van der Waals surface area contributed by atoms with Gasteiger partial charge in [-0.25, -0.2) is 0 Å². The number of benzene rings is 1. The number of amides is 1. The summed E-state index contributed by atoms with van der Waals surface area (Å²) in [6.45, 7) is 3.39. The molecule has 24 heavy (non-hydrogen) atoms. The van der Waals surface area contributed by atoms with Crippen molar-refractivity contribution in [2.75, 3.05) is 19.7 Å². The van der Waals surface area contributed by atoms with Gasteiger partial charge >= 0.3 is 6.18 Å². The number of aliphatic hydroxyl groups is 1. The van der Waals surface area contributed by atoms with Crippen molar-refractivity contribution >= 4 is 5.91 Å². The Bertz CT molecular complexity index is 540. The zero-order valence-corrected chi connectivity index (χ0v) is 13.9. The number of carbonyl (C=O) groups excluding carboxylic acids is 1. The van der Waals surface area contributed by atoms with E-state index in [0.717, 1.165) is 19.3 Å². The third-order valence-electron chi connectivity index (χ3n) is 5.09. The van der Waals surface area contributed by atoms with E-state index in [0.29, 0.717) is 24.2 Å². The molecule has 0 unspecified atom stereocenters. The van der Waals surface area contributed by atoms with E-state index in [1.165, 1.54) is 0 Å². The molecule has 0 aromatic heterocycles. The predicted octanol–water partition coefficient (Wildman–Crippen LogP) is 3.81. The minimum Gasteiger partial charge on any atom is -0.396 e. The topological polar surface area (TPSA) is 40.5 Å². The van der Waals surface area contributed by atoms with Crippen molar-refractivity contribution in [3.63, 3.8) is 0 Å². The van der Waals surface area contributed by atoms with Gasteiger partial charge in [0, 0.05) is 31.7 Å². The van der Waals surface area contributed by atoms with Crippen molar-refractivity contribution in [2.45, 2.75) is 45.2 Å². The van der Waals surface area contributed by atoms with Gasteiger partial charge in [-0.15, -0.1) is 0 Å². The third-order valence-corrected chi connectivity index (χ3v) is 5.09. The fourth-order valence-corrected chi connectivity index (χ4v) is 3.09. The molecule has 1 amide bonds. The fourth-order valence-electron chi connectivity index (χ4n) is 3.09. The van der Waals surface area contributed by atoms with Crippen LogP contribution in [0.1, 0.15) is 48.5 Å². The van der Waals surface area contributed by atoms with Crippen molar-refractivity contribution < 1.29 is 23.1 Å². The van der Waals surface area contributed by atoms with Crippen LogP contribution in [0.15, 0.2) is 24.3 Å². The molecule has 1 N–H and O–H groups in total. The first kappa shape index (κ1) is 18.8. The van der Waals surface area contributed by atoms with Gasteiger partial charge in [-0.3, -0.25) is 4.79 Å². The van der Waals surface area contributed by atoms with Crippen LogP contribution in [-0.2, 0) is 6.42 Å². The van der Waals surface area contributed by atoms with Crippen molar-refractivity contribution in [1.82, 2.24) is 4.90 Å². The average molecular weight is 343 g/mol. The quantitative estimate of drug-likeness (QED) is 0.883. The number of hydrogen-bond donors (Lipinski definition) is 1. The van der Waals surface area contributed by atoms with E-state index in [-0.39, 0.29) is 24.3 Å². The van der Waals surface area contributed by atoms with Crippen LogP contribution in [0.2, 0.25) is 0 Å². The molecule has 1 aromatic carbocycles. The van der Waals surface area contributed by atoms with Crippen molar-refractivity contribution in [1.29, 1.82) is 0 Å². The number of piperidine rings is 1. The molecular formula is C18H24F3NO2. The molecule has 1 saturated heterocycles. The summed E-state index contributed by atoms with van der Waals surface area (Å²) in [5.41, 5.74) is 0.990. The largest absolute Gasteiger partial charge is 0.396 e. The minimum atomic E-state index is -4.17. The lowest BCUT2D eigenvalue weighted by molar-refractivity contribution is -0.134. The SMILES string of the molecule is CCC1(CO)CCN(C(=O)c2ccc(CCC(F)(F)F)cc2)CC1. The number of halogens is 3. The molecule has 0 atom stereocenters. The molecule has 0 aliphatic carbocycles. The number of likely N-dealkylation sites (tertiary alicyclic amines) is 1. The molecule has 1 fully saturated rings. The maximum Gasteiger partial charge on any atom is 0.389 e. The Balaban J connectivity index is 1.94. The van der Waals surface area contributed by atoms with Crippen molar-refractivity contribution in [2.24, 2.45) is 5.41 Å². The number of aliphatic hydroxyl groups excluding tert-OH is 1. The molecule has 1 aliphatic rings. The second kappa shape index (κ2) is 7.55. The lowest BCUT2D eigenvalue weighted by atomic mass is 9.77. The molecule has 0 spiro atoms. The van der Waals surface area contributed by atoms with Crippen LogP contribution in [0.5, 0.6) is 0 Å². The summed E-state index contributed by atoms with van der Waals surface area (Å²) in [4.78, 5) is 14.3. The molecule has 1 heterocycles. The van der Waals surface area contributed by atoms with Gasteiger partial charge in [0.25, 0.3) is 5.91 Å². The zero-order valence-electron chi connectivity index (χ0n) is 13.9. The Morgan fingerprint density at radius 3 is 2.25 bits per heavy atom. The molecule has 0 bridgehead atoms. The van der Waals surface area contributed by atoms with E-state index in [4.69, 9.17) is 0 Å². The van der Waals surface area contributed by atoms with E-state index < -0.39 is 12.6 Å². The molecular weight excluding hydrogens is 319 g/mol. The van der Waals surface area contributed by atoms with Gasteiger partial charge in [0.1, 0.15) is 0 Å². The van der Waals surface area contributed by atoms with Crippen LogP contribution in [0.4, 0.5) is 13.2 Å². The summed E-state index contributed by atoms with van der Waals surface area (Å²) in [5, 5.41) is 9.54. The van der Waals surface area contributed by atoms with E-state index in [9.17, 15) is 23.1 Å². The van der Waals surface area contributed by atoms with Crippen LogP contribution in [0.25, 0.3) is 0 Å². The number of hydrogen-bond acceptors (Lipinski definition) is 2. The summed E-state index contributed by atoms with van der Waals surface area (Å²) in [5.74, 6) is -0.0972. The zero-order chi connectivity index (χ0) is 17.8. The summed E-state index contributed by atoms with van der Waals surface area (Å²) < 4.78 is 36.7. The number of carbonyl (C=O) groups is 1. The van der Waals surface area contributed by atoms with E-state index in [2.05, 4.69) is 0 Å². The number of aryl methyl sites for hydroxylation is 1. The van der Waals surface area contributed by atoms with Gasteiger partial charge < -0.3 is 10.0 Å². The van der Waals surface area contributed by atoms with Crippen LogP contribution < -0.4 is 0 Å². The fraction of sp³-hybridized carbons (Fsp3) is 0.611. The maximum absolute atomic E-state index is 12.5.